The highest BCUT2D eigenvalue weighted by Crippen LogP contribution is 2.32. The summed E-state index contributed by atoms with van der Waals surface area (Å²) in [6, 6.07) is 10.4. The van der Waals surface area contributed by atoms with Gasteiger partial charge in [-0.15, -0.1) is 0 Å². The Kier molecular flexibility index (Phi) is 7.67. The minimum absolute atomic E-state index is 0.131. The number of fused-ring (bicyclic) bond motifs is 1. The highest BCUT2D eigenvalue weighted by molar-refractivity contribution is 9.10. The van der Waals surface area contributed by atoms with Crippen LogP contribution in [0.5, 0.6) is 17.2 Å². The van der Waals surface area contributed by atoms with Gasteiger partial charge in [0.2, 0.25) is 6.79 Å². The number of amides is 2. The molecule has 0 unspecified atom stereocenters. The Labute approximate surface area is 182 Å². The van der Waals surface area contributed by atoms with E-state index >= 15 is 0 Å². The number of ether oxygens (including phenoxy) is 3. The van der Waals surface area contributed by atoms with E-state index in [2.05, 4.69) is 38.7 Å². The Morgan fingerprint density at radius 2 is 2.03 bits per heavy atom. The molecule has 0 bridgehead atoms. The number of rotatable bonds is 9. The number of halogens is 1. The fraction of sp³-hybridized carbons (Fsp3) is 0.286. The number of benzene rings is 2. The molecule has 0 saturated carbocycles. The molecule has 2 aromatic rings. The van der Waals surface area contributed by atoms with Crippen molar-refractivity contribution in [3.05, 3.63) is 52.0 Å². The van der Waals surface area contributed by atoms with Gasteiger partial charge >= 0.3 is 0 Å². The van der Waals surface area contributed by atoms with Gasteiger partial charge in [0.1, 0.15) is 5.75 Å². The van der Waals surface area contributed by atoms with Crippen LogP contribution >= 0.6 is 15.9 Å². The molecule has 0 spiro atoms. The van der Waals surface area contributed by atoms with Crippen molar-refractivity contribution in [3.8, 4) is 17.2 Å². The van der Waals surface area contributed by atoms with E-state index in [1.807, 2.05) is 18.2 Å². The molecule has 1 aliphatic rings. The predicted octanol–water partition coefficient (Wildman–Crippen LogP) is 3.24. The molecule has 0 atom stereocenters. The summed E-state index contributed by atoms with van der Waals surface area (Å²) < 4.78 is 16.9. The fourth-order valence-corrected chi connectivity index (χ4v) is 3.07. The first-order valence-electron chi connectivity index (χ1n) is 9.49. The summed E-state index contributed by atoms with van der Waals surface area (Å²) in [5.74, 6) is 1.01. The Bertz CT molecular complexity index is 948. The zero-order chi connectivity index (χ0) is 21.3. The molecule has 2 aromatic carbocycles. The van der Waals surface area contributed by atoms with Crippen LogP contribution in [0.2, 0.25) is 0 Å². The van der Waals surface area contributed by atoms with Gasteiger partial charge < -0.3 is 19.5 Å². The number of hydrogen-bond donors (Lipinski definition) is 2. The topological polar surface area (TPSA) is 98.2 Å². The normalized spacial score (nSPS) is 12.1. The lowest BCUT2D eigenvalue weighted by Gasteiger charge is -2.08. The van der Waals surface area contributed by atoms with Crippen LogP contribution in [0.4, 0.5) is 0 Å². The van der Waals surface area contributed by atoms with E-state index in [9.17, 15) is 9.59 Å². The van der Waals surface area contributed by atoms with Crippen LogP contribution in [-0.4, -0.2) is 38.0 Å². The smallest absolute Gasteiger partial charge is 0.259 e. The molecule has 158 valence electrons. The maximum Gasteiger partial charge on any atom is 0.259 e. The second-order valence-corrected chi connectivity index (χ2v) is 7.29. The average molecular weight is 476 g/mol. The van der Waals surface area contributed by atoms with Crippen molar-refractivity contribution < 1.29 is 23.8 Å². The maximum absolute atomic E-state index is 12.2. The third kappa shape index (κ3) is 5.96. The standard InChI is InChI=1S/C21H22BrN3O5/c1-2-3-8-28-17-6-4-14(9-16(17)22)11-24-25-20(26)12-23-21(27)15-5-7-18-19(10-15)30-13-29-18/h4-7,9-11H,2-3,8,12-13H2,1H3,(H,23,27)(H,25,26)/b24-11+. The van der Waals surface area contributed by atoms with E-state index in [1.54, 1.807) is 18.2 Å². The van der Waals surface area contributed by atoms with Gasteiger partial charge in [0.05, 0.1) is 23.8 Å². The number of hydrogen-bond acceptors (Lipinski definition) is 6. The van der Waals surface area contributed by atoms with E-state index in [1.165, 1.54) is 6.21 Å². The molecule has 2 amide bonds. The zero-order valence-electron chi connectivity index (χ0n) is 16.4. The third-order valence-electron chi connectivity index (χ3n) is 4.16. The van der Waals surface area contributed by atoms with Crippen molar-refractivity contribution in [2.24, 2.45) is 5.10 Å². The summed E-state index contributed by atoms with van der Waals surface area (Å²) in [6.45, 7) is 2.69. The Hall–Kier alpha value is -3.07. The maximum atomic E-state index is 12.2. The highest BCUT2D eigenvalue weighted by atomic mass is 79.9. The van der Waals surface area contributed by atoms with Gasteiger partial charge in [0, 0.05) is 5.56 Å². The summed E-state index contributed by atoms with van der Waals surface area (Å²) in [4.78, 5) is 24.1. The summed E-state index contributed by atoms with van der Waals surface area (Å²) in [5, 5.41) is 6.45. The molecular weight excluding hydrogens is 454 g/mol. The van der Waals surface area contributed by atoms with Crippen LogP contribution in [0.1, 0.15) is 35.7 Å². The van der Waals surface area contributed by atoms with Crippen molar-refractivity contribution >= 4 is 34.0 Å². The van der Waals surface area contributed by atoms with Crippen molar-refractivity contribution in [2.45, 2.75) is 19.8 Å². The Morgan fingerprint density at radius 3 is 2.83 bits per heavy atom. The van der Waals surface area contributed by atoms with Crippen LogP contribution in [0.25, 0.3) is 0 Å². The molecule has 9 heteroatoms. The molecule has 0 radical (unpaired) electrons. The third-order valence-corrected chi connectivity index (χ3v) is 4.78. The van der Waals surface area contributed by atoms with Gasteiger partial charge in [-0.2, -0.15) is 5.10 Å². The molecule has 0 fully saturated rings. The van der Waals surface area contributed by atoms with Crippen molar-refractivity contribution in [3.63, 3.8) is 0 Å². The highest BCUT2D eigenvalue weighted by Gasteiger charge is 2.16. The number of hydrazone groups is 1. The molecule has 8 nitrogen and oxygen atoms in total. The van der Waals surface area contributed by atoms with Crippen LogP contribution in [0.15, 0.2) is 46.0 Å². The summed E-state index contributed by atoms with van der Waals surface area (Å²) in [7, 11) is 0. The first-order chi connectivity index (χ1) is 14.6. The monoisotopic (exact) mass is 475 g/mol. The molecule has 1 aliphatic heterocycles. The number of carbonyl (C=O) groups is 2. The fourth-order valence-electron chi connectivity index (χ4n) is 2.56. The van der Waals surface area contributed by atoms with Crippen molar-refractivity contribution in [1.82, 2.24) is 10.7 Å². The van der Waals surface area contributed by atoms with Gasteiger partial charge in [0.25, 0.3) is 11.8 Å². The second-order valence-electron chi connectivity index (χ2n) is 6.44. The Morgan fingerprint density at radius 1 is 1.20 bits per heavy atom. The summed E-state index contributed by atoms with van der Waals surface area (Å²) in [5.41, 5.74) is 3.54. The molecule has 0 aromatic heterocycles. The first kappa shape index (κ1) is 21.6. The van der Waals surface area contributed by atoms with Crippen LogP contribution in [0.3, 0.4) is 0 Å². The van der Waals surface area contributed by atoms with Crippen LogP contribution in [-0.2, 0) is 4.79 Å². The quantitative estimate of drug-likeness (QED) is 0.329. The number of unbranched alkanes of at least 4 members (excludes halogenated alkanes) is 1. The van der Waals surface area contributed by atoms with Gasteiger partial charge in [-0.25, -0.2) is 5.43 Å². The second kappa shape index (κ2) is 10.6. The van der Waals surface area contributed by atoms with Crippen LogP contribution in [0, 0.1) is 0 Å². The van der Waals surface area contributed by atoms with E-state index in [0.717, 1.165) is 28.6 Å². The first-order valence-corrected chi connectivity index (χ1v) is 10.3. The number of carbonyl (C=O) groups excluding carboxylic acids is 2. The van der Waals surface area contributed by atoms with Crippen LogP contribution < -0.4 is 25.0 Å². The summed E-state index contributed by atoms with van der Waals surface area (Å²) in [6.07, 6.45) is 3.57. The molecule has 3 rings (SSSR count). The van der Waals surface area contributed by atoms with E-state index in [-0.39, 0.29) is 13.3 Å². The van der Waals surface area contributed by atoms with Gasteiger partial charge in [-0.1, -0.05) is 13.3 Å². The van der Waals surface area contributed by atoms with Gasteiger partial charge in [0.15, 0.2) is 11.5 Å². The zero-order valence-corrected chi connectivity index (χ0v) is 18.0. The molecular formula is C21H22BrN3O5. The van der Waals surface area contributed by atoms with E-state index < -0.39 is 11.8 Å². The van der Waals surface area contributed by atoms with Crippen molar-refractivity contribution in [2.75, 3.05) is 19.9 Å². The lowest BCUT2D eigenvalue weighted by Crippen LogP contribution is -2.34. The lowest BCUT2D eigenvalue weighted by atomic mass is 10.2. The number of nitrogens with one attached hydrogen (secondary N) is 2. The molecule has 0 aliphatic carbocycles. The van der Waals surface area contributed by atoms with Crippen molar-refractivity contribution in [1.29, 1.82) is 0 Å². The van der Waals surface area contributed by atoms with E-state index in [0.29, 0.717) is 23.7 Å². The summed E-state index contributed by atoms with van der Waals surface area (Å²) >= 11 is 3.46. The largest absolute Gasteiger partial charge is 0.492 e. The van der Waals surface area contributed by atoms with Gasteiger partial charge in [-0.3, -0.25) is 9.59 Å². The molecule has 1 heterocycles. The molecule has 0 saturated heterocycles. The Balaban J connectivity index is 1.44. The minimum Gasteiger partial charge on any atom is -0.492 e. The van der Waals surface area contributed by atoms with E-state index in [4.69, 9.17) is 14.2 Å². The lowest BCUT2D eigenvalue weighted by molar-refractivity contribution is -0.120. The minimum atomic E-state index is -0.445. The SMILES string of the molecule is CCCCOc1ccc(/C=N/NC(=O)CNC(=O)c2ccc3c(c2)OCO3)cc1Br. The average Bonchev–Trinajstić information content (AvgIpc) is 3.21. The van der Waals surface area contributed by atoms with Gasteiger partial charge in [-0.05, 0) is 64.3 Å². The molecule has 2 N–H and O–H groups in total. The molecule has 30 heavy (non-hydrogen) atoms. The predicted molar refractivity (Wildman–Crippen MR) is 115 cm³/mol. The number of nitrogens with zero attached hydrogens (tertiary/aromatic N) is 1.